The largest absolute Gasteiger partial charge is 0.480 e. The molecule has 0 aliphatic heterocycles. The quantitative estimate of drug-likeness (QED) is 0.642. The van der Waals surface area contributed by atoms with E-state index < -0.39 is 28.4 Å². The molecule has 0 saturated heterocycles. The number of amides is 1. The van der Waals surface area contributed by atoms with Crippen molar-refractivity contribution in [3.05, 3.63) is 30.2 Å². The van der Waals surface area contributed by atoms with Crippen LogP contribution in [0.1, 0.15) is 6.42 Å². The summed E-state index contributed by atoms with van der Waals surface area (Å²) in [5.41, 5.74) is 0. The van der Waals surface area contributed by atoms with Gasteiger partial charge in [-0.3, -0.25) is 9.59 Å². The summed E-state index contributed by atoms with van der Waals surface area (Å²) in [5, 5.41) is 10.3. The number of nitrogens with zero attached hydrogens (tertiary/aromatic N) is 1. The van der Waals surface area contributed by atoms with E-state index in [0.29, 0.717) is 0 Å². The summed E-state index contributed by atoms with van der Waals surface area (Å²) in [5.74, 6) is -1.59. The van der Waals surface area contributed by atoms with Gasteiger partial charge in [-0.05, 0) is 11.4 Å². The second-order valence-electron chi connectivity index (χ2n) is 4.04. The lowest BCUT2D eigenvalue weighted by atomic mass is 10.3. The number of thiophene rings is 1. The highest BCUT2D eigenvalue weighted by molar-refractivity contribution is 7.91. The topological polar surface area (TPSA) is 104 Å². The van der Waals surface area contributed by atoms with Crippen LogP contribution in [0.2, 0.25) is 0 Å². The van der Waals surface area contributed by atoms with E-state index in [1.165, 1.54) is 12.1 Å². The number of nitrogens with one attached hydrogen (secondary N) is 1. The van der Waals surface area contributed by atoms with Gasteiger partial charge >= 0.3 is 5.97 Å². The van der Waals surface area contributed by atoms with Crippen molar-refractivity contribution >= 4 is 33.2 Å². The summed E-state index contributed by atoms with van der Waals surface area (Å²) in [6.45, 7) is 3.01. The Morgan fingerprint density at radius 2 is 2.19 bits per heavy atom. The summed E-state index contributed by atoms with van der Waals surface area (Å²) in [7, 11) is -3.61. The minimum absolute atomic E-state index is 0.0909. The molecule has 0 unspecified atom stereocenters. The average Bonchev–Trinajstić information content (AvgIpc) is 2.92. The predicted molar refractivity (Wildman–Crippen MR) is 78.5 cm³/mol. The lowest BCUT2D eigenvalue weighted by Crippen LogP contribution is -2.37. The molecule has 21 heavy (non-hydrogen) atoms. The highest BCUT2D eigenvalue weighted by Crippen LogP contribution is 2.15. The minimum atomic E-state index is -3.61. The number of hydrogen-bond donors (Lipinski definition) is 2. The van der Waals surface area contributed by atoms with Gasteiger partial charge in [0.2, 0.25) is 15.9 Å². The maximum absolute atomic E-state index is 11.8. The first kappa shape index (κ1) is 17.3. The molecule has 0 atom stereocenters. The standard InChI is InChI=1S/C12H16N2O5S2/c1-2-7-14(9-11(16)17)10(15)5-6-13-21(18,19)12-4-3-8-20-12/h2-4,8,13H,1,5-7,9H2,(H,16,17). The van der Waals surface area contributed by atoms with E-state index in [0.717, 1.165) is 16.2 Å². The number of sulfonamides is 1. The fourth-order valence-electron chi connectivity index (χ4n) is 1.51. The van der Waals surface area contributed by atoms with Crippen LogP contribution < -0.4 is 4.72 Å². The van der Waals surface area contributed by atoms with Crippen LogP contribution in [0.4, 0.5) is 0 Å². The van der Waals surface area contributed by atoms with E-state index in [2.05, 4.69) is 11.3 Å². The van der Waals surface area contributed by atoms with Crippen LogP contribution in [-0.4, -0.2) is 49.9 Å². The molecule has 1 aromatic heterocycles. The molecule has 116 valence electrons. The normalized spacial score (nSPS) is 11.0. The Bertz CT molecular complexity index is 595. The van der Waals surface area contributed by atoms with Gasteiger partial charge in [-0.2, -0.15) is 0 Å². The molecule has 1 rings (SSSR count). The van der Waals surface area contributed by atoms with Crippen LogP contribution in [-0.2, 0) is 19.6 Å². The van der Waals surface area contributed by atoms with Crippen molar-refractivity contribution in [3.63, 3.8) is 0 Å². The smallest absolute Gasteiger partial charge is 0.323 e. The van der Waals surface area contributed by atoms with E-state index in [1.54, 1.807) is 11.4 Å². The van der Waals surface area contributed by atoms with Gasteiger partial charge in [0.15, 0.2) is 0 Å². The average molecular weight is 332 g/mol. The molecule has 1 aromatic rings. The third-order valence-electron chi connectivity index (χ3n) is 2.42. The molecular formula is C12H16N2O5S2. The van der Waals surface area contributed by atoms with Crippen molar-refractivity contribution < 1.29 is 23.1 Å². The van der Waals surface area contributed by atoms with Crippen LogP contribution in [0.25, 0.3) is 0 Å². The monoisotopic (exact) mass is 332 g/mol. The molecule has 7 nitrogen and oxygen atoms in total. The van der Waals surface area contributed by atoms with Crippen LogP contribution >= 0.6 is 11.3 Å². The summed E-state index contributed by atoms with van der Waals surface area (Å²) >= 11 is 1.07. The molecule has 0 spiro atoms. The van der Waals surface area contributed by atoms with Crippen molar-refractivity contribution in [2.45, 2.75) is 10.6 Å². The molecule has 9 heteroatoms. The van der Waals surface area contributed by atoms with Crippen molar-refractivity contribution in [1.29, 1.82) is 0 Å². The number of aliphatic carboxylic acids is 1. The minimum Gasteiger partial charge on any atom is -0.480 e. The maximum atomic E-state index is 11.8. The molecule has 0 fully saturated rings. The van der Waals surface area contributed by atoms with E-state index in [1.807, 2.05) is 0 Å². The Morgan fingerprint density at radius 3 is 2.71 bits per heavy atom. The van der Waals surface area contributed by atoms with E-state index >= 15 is 0 Å². The second-order valence-corrected chi connectivity index (χ2v) is 6.98. The zero-order chi connectivity index (χ0) is 15.9. The first-order valence-corrected chi connectivity index (χ1v) is 8.36. The Labute approximate surface area is 126 Å². The zero-order valence-electron chi connectivity index (χ0n) is 11.2. The van der Waals surface area contributed by atoms with Gasteiger partial charge in [-0.25, -0.2) is 13.1 Å². The Morgan fingerprint density at radius 1 is 1.48 bits per heavy atom. The van der Waals surface area contributed by atoms with Gasteiger partial charge in [-0.15, -0.1) is 17.9 Å². The van der Waals surface area contributed by atoms with E-state index in [4.69, 9.17) is 5.11 Å². The van der Waals surface area contributed by atoms with Crippen molar-refractivity contribution in [3.8, 4) is 0 Å². The maximum Gasteiger partial charge on any atom is 0.323 e. The van der Waals surface area contributed by atoms with Gasteiger partial charge in [0.25, 0.3) is 0 Å². The molecular weight excluding hydrogens is 316 g/mol. The Balaban J connectivity index is 2.52. The van der Waals surface area contributed by atoms with E-state index in [-0.39, 0.29) is 23.7 Å². The lowest BCUT2D eigenvalue weighted by molar-refractivity contribution is -0.144. The number of carboxylic acids is 1. The SMILES string of the molecule is C=CCN(CC(=O)O)C(=O)CCNS(=O)(=O)c1cccs1. The van der Waals surface area contributed by atoms with Crippen molar-refractivity contribution in [2.75, 3.05) is 19.6 Å². The van der Waals surface area contributed by atoms with Crippen LogP contribution in [0.15, 0.2) is 34.4 Å². The van der Waals surface area contributed by atoms with Crippen LogP contribution in [0, 0.1) is 0 Å². The molecule has 0 saturated carbocycles. The summed E-state index contributed by atoms with van der Waals surface area (Å²) < 4.78 is 26.1. The van der Waals surface area contributed by atoms with E-state index in [9.17, 15) is 18.0 Å². The van der Waals surface area contributed by atoms with Crippen molar-refractivity contribution in [1.82, 2.24) is 9.62 Å². The highest BCUT2D eigenvalue weighted by atomic mass is 32.2. The molecule has 1 heterocycles. The first-order valence-electron chi connectivity index (χ1n) is 6.00. The fraction of sp³-hybridized carbons (Fsp3) is 0.333. The van der Waals surface area contributed by atoms with Gasteiger partial charge < -0.3 is 10.0 Å². The summed E-state index contributed by atoms with van der Waals surface area (Å²) in [4.78, 5) is 23.6. The van der Waals surface area contributed by atoms with Gasteiger partial charge in [0.05, 0.1) is 0 Å². The molecule has 0 aromatic carbocycles. The Kier molecular flexibility index (Phi) is 6.53. The summed E-state index contributed by atoms with van der Waals surface area (Å²) in [6, 6.07) is 3.08. The third-order valence-corrected chi connectivity index (χ3v) is 5.28. The number of hydrogen-bond acceptors (Lipinski definition) is 5. The molecule has 0 aliphatic rings. The number of carbonyl (C=O) groups excluding carboxylic acids is 1. The molecule has 2 N–H and O–H groups in total. The molecule has 0 bridgehead atoms. The third kappa shape index (κ3) is 5.66. The Hall–Kier alpha value is -1.71. The van der Waals surface area contributed by atoms with Crippen molar-refractivity contribution in [2.24, 2.45) is 0 Å². The van der Waals surface area contributed by atoms with Gasteiger partial charge in [0.1, 0.15) is 10.8 Å². The second kappa shape index (κ2) is 7.91. The van der Waals surface area contributed by atoms with Crippen LogP contribution in [0.5, 0.6) is 0 Å². The number of rotatable bonds is 9. The fourth-order valence-corrected chi connectivity index (χ4v) is 3.58. The lowest BCUT2D eigenvalue weighted by Gasteiger charge is -2.18. The zero-order valence-corrected chi connectivity index (χ0v) is 12.8. The predicted octanol–water partition coefficient (Wildman–Crippen LogP) is 0.516. The number of carbonyl (C=O) groups is 2. The first-order chi connectivity index (χ1) is 9.86. The van der Waals surface area contributed by atoms with Crippen LogP contribution in [0.3, 0.4) is 0 Å². The summed E-state index contributed by atoms with van der Waals surface area (Å²) in [6.07, 6.45) is 1.29. The van der Waals surface area contributed by atoms with Gasteiger partial charge in [0, 0.05) is 19.5 Å². The highest BCUT2D eigenvalue weighted by Gasteiger charge is 2.18. The molecule has 0 aliphatic carbocycles. The number of carboxylic acid groups (broad SMARTS) is 1. The molecule has 0 radical (unpaired) electrons. The molecule has 1 amide bonds. The van der Waals surface area contributed by atoms with Gasteiger partial charge in [-0.1, -0.05) is 12.1 Å².